The lowest BCUT2D eigenvalue weighted by atomic mass is 10.2. The van der Waals surface area contributed by atoms with Crippen LogP contribution in [0.5, 0.6) is 0 Å². The molecule has 0 aliphatic carbocycles. The van der Waals surface area contributed by atoms with E-state index in [1.165, 1.54) is 27.1 Å². The van der Waals surface area contributed by atoms with Crippen LogP contribution in [-0.2, 0) is 0 Å². The van der Waals surface area contributed by atoms with E-state index in [0.717, 1.165) is 5.69 Å². The summed E-state index contributed by atoms with van der Waals surface area (Å²) in [7, 11) is -0.729. The second-order valence-corrected chi connectivity index (χ2v) is 9.30. The quantitative estimate of drug-likeness (QED) is 0.245. The van der Waals surface area contributed by atoms with Crippen LogP contribution in [0.15, 0.2) is 126 Å². The number of allylic oxidation sites excluding steroid dienone is 1. The molecule has 0 aliphatic heterocycles. The number of aliphatic imine (C=N–C) groups is 1. The maximum absolute atomic E-state index is 4.84. The predicted molar refractivity (Wildman–Crippen MR) is 133 cm³/mol. The third-order valence-electron chi connectivity index (χ3n) is 4.78. The Bertz CT molecular complexity index is 1080. The van der Waals surface area contributed by atoms with Gasteiger partial charge in [-0.15, -0.1) is 0 Å². The van der Waals surface area contributed by atoms with Crippen molar-refractivity contribution in [3.05, 3.63) is 132 Å². The fourth-order valence-electron chi connectivity index (χ4n) is 3.25. The number of nitrogens with zero attached hydrogens (tertiary/aromatic N) is 1. The molecule has 30 heavy (non-hydrogen) atoms. The van der Waals surface area contributed by atoms with Gasteiger partial charge in [0.05, 0.1) is 5.69 Å². The Hall–Kier alpha value is -3.28. The lowest BCUT2D eigenvalue weighted by Gasteiger charge is -2.20. The van der Waals surface area contributed by atoms with Crippen molar-refractivity contribution < 1.29 is 0 Å². The normalized spacial score (nSPS) is 11.9. The summed E-state index contributed by atoms with van der Waals surface area (Å²) in [5.74, 6) is 0. The molecule has 4 rings (SSSR count). The van der Waals surface area contributed by atoms with Gasteiger partial charge in [0.2, 0.25) is 0 Å². The van der Waals surface area contributed by atoms with Gasteiger partial charge in [0.25, 0.3) is 0 Å². The molecule has 0 fully saturated rings. The van der Waals surface area contributed by atoms with E-state index >= 15 is 0 Å². The summed E-state index contributed by atoms with van der Waals surface area (Å²) in [6.07, 6.45) is 4.31. The molecule has 0 N–H and O–H groups in total. The molecule has 4 aromatic rings. The maximum atomic E-state index is 4.84. The molecular formula is C28H24NP. The highest BCUT2D eigenvalue weighted by molar-refractivity contribution is 7.77. The Morgan fingerprint density at radius 3 is 1.67 bits per heavy atom. The molecule has 0 amide bonds. The predicted octanol–water partition coefficient (Wildman–Crippen LogP) is 6.87. The molecule has 4 aromatic carbocycles. The van der Waals surface area contributed by atoms with Crippen LogP contribution >= 0.6 is 7.92 Å². The number of benzene rings is 4. The molecule has 0 bridgehead atoms. The van der Waals surface area contributed by atoms with E-state index in [-0.39, 0.29) is 0 Å². The highest BCUT2D eigenvalue weighted by Gasteiger charge is 2.17. The van der Waals surface area contributed by atoms with E-state index in [0.29, 0.717) is 0 Å². The highest BCUT2D eigenvalue weighted by Crippen LogP contribution is 2.43. The Morgan fingerprint density at radius 1 is 0.633 bits per heavy atom. The van der Waals surface area contributed by atoms with Crippen molar-refractivity contribution in [2.75, 3.05) is 0 Å². The SMILES string of the molecule is Cc1ccc(N=C/C(=C\c2ccccc2)P(c2ccccc2)c2ccccc2)cc1. The summed E-state index contributed by atoms with van der Waals surface area (Å²) in [6, 6.07) is 40.3. The van der Waals surface area contributed by atoms with Crippen molar-refractivity contribution in [1.29, 1.82) is 0 Å². The van der Waals surface area contributed by atoms with Crippen LogP contribution < -0.4 is 10.6 Å². The zero-order valence-corrected chi connectivity index (χ0v) is 17.9. The topological polar surface area (TPSA) is 12.4 Å². The van der Waals surface area contributed by atoms with E-state index in [1.807, 2.05) is 6.21 Å². The molecule has 0 saturated heterocycles. The molecular weight excluding hydrogens is 381 g/mol. The first-order chi connectivity index (χ1) is 14.8. The lowest BCUT2D eigenvalue weighted by molar-refractivity contribution is 1.44. The number of rotatable bonds is 6. The van der Waals surface area contributed by atoms with Crippen LogP contribution in [0.3, 0.4) is 0 Å². The molecule has 0 unspecified atom stereocenters. The van der Waals surface area contributed by atoms with Crippen LogP contribution in [0.4, 0.5) is 5.69 Å². The summed E-state index contributed by atoms with van der Waals surface area (Å²) in [5.41, 5.74) is 3.39. The summed E-state index contributed by atoms with van der Waals surface area (Å²) in [4.78, 5) is 4.84. The molecule has 0 saturated carbocycles. The smallest absolute Gasteiger partial charge is 0.0630 e. The van der Waals surface area contributed by atoms with E-state index in [1.54, 1.807) is 0 Å². The Morgan fingerprint density at radius 2 is 1.13 bits per heavy atom. The minimum atomic E-state index is -0.729. The van der Waals surface area contributed by atoms with Gasteiger partial charge >= 0.3 is 0 Å². The Labute approximate surface area is 180 Å². The second kappa shape index (κ2) is 9.96. The number of hydrogen-bond donors (Lipinski definition) is 0. The summed E-state index contributed by atoms with van der Waals surface area (Å²) >= 11 is 0. The van der Waals surface area contributed by atoms with Crippen molar-refractivity contribution >= 4 is 36.5 Å². The van der Waals surface area contributed by atoms with Crippen molar-refractivity contribution in [2.24, 2.45) is 4.99 Å². The maximum Gasteiger partial charge on any atom is 0.0630 e. The Balaban J connectivity index is 1.83. The minimum absolute atomic E-state index is 0.729. The second-order valence-electron chi connectivity index (χ2n) is 7.08. The standard InChI is InChI=1S/C28H24NP/c1-23-17-19-25(20-18-23)29-22-28(21-24-11-5-2-6-12-24)30(26-13-7-3-8-14-26)27-15-9-4-10-16-27/h2-22H,1H3/b28-21+,29-22?. The van der Waals surface area contributed by atoms with E-state index in [2.05, 4.69) is 128 Å². The van der Waals surface area contributed by atoms with Gasteiger partial charge in [0.1, 0.15) is 0 Å². The molecule has 0 aliphatic rings. The van der Waals surface area contributed by atoms with Gasteiger partial charge in [0.15, 0.2) is 0 Å². The van der Waals surface area contributed by atoms with Gasteiger partial charge in [-0.1, -0.05) is 109 Å². The molecule has 0 atom stereocenters. The van der Waals surface area contributed by atoms with Gasteiger partial charge in [-0.3, -0.25) is 4.99 Å². The van der Waals surface area contributed by atoms with Crippen LogP contribution in [0.2, 0.25) is 0 Å². The van der Waals surface area contributed by atoms with Crippen LogP contribution in [0.1, 0.15) is 11.1 Å². The average molecular weight is 405 g/mol. The summed E-state index contributed by atoms with van der Waals surface area (Å²) in [5, 5.41) is 3.85. The Kier molecular flexibility index (Phi) is 6.65. The van der Waals surface area contributed by atoms with Gasteiger partial charge in [0, 0.05) is 11.5 Å². The van der Waals surface area contributed by atoms with Crippen molar-refractivity contribution in [3.63, 3.8) is 0 Å². The van der Waals surface area contributed by atoms with Crippen molar-refractivity contribution in [3.8, 4) is 0 Å². The van der Waals surface area contributed by atoms with Gasteiger partial charge < -0.3 is 0 Å². The van der Waals surface area contributed by atoms with Crippen LogP contribution in [-0.4, -0.2) is 6.21 Å². The first kappa shape index (κ1) is 20.0. The highest BCUT2D eigenvalue weighted by atomic mass is 31.1. The van der Waals surface area contributed by atoms with Crippen LogP contribution in [0, 0.1) is 6.92 Å². The fraction of sp³-hybridized carbons (Fsp3) is 0.0357. The van der Waals surface area contributed by atoms with Gasteiger partial charge in [-0.05, 0) is 49.2 Å². The molecule has 0 radical (unpaired) electrons. The monoisotopic (exact) mass is 405 g/mol. The average Bonchev–Trinajstić information content (AvgIpc) is 2.81. The minimum Gasteiger partial charge on any atom is -0.256 e. The molecule has 146 valence electrons. The van der Waals surface area contributed by atoms with Crippen LogP contribution in [0.25, 0.3) is 6.08 Å². The van der Waals surface area contributed by atoms with E-state index in [9.17, 15) is 0 Å². The third kappa shape index (κ3) is 5.20. The summed E-state index contributed by atoms with van der Waals surface area (Å²) in [6.45, 7) is 2.10. The first-order valence-corrected chi connectivity index (χ1v) is 11.4. The molecule has 1 nitrogen and oxygen atoms in total. The largest absolute Gasteiger partial charge is 0.256 e. The number of hydrogen-bond acceptors (Lipinski definition) is 1. The third-order valence-corrected chi connectivity index (χ3v) is 7.17. The summed E-state index contributed by atoms with van der Waals surface area (Å²) < 4.78 is 0. The molecule has 2 heteroatoms. The van der Waals surface area contributed by atoms with E-state index in [4.69, 9.17) is 4.99 Å². The van der Waals surface area contributed by atoms with Gasteiger partial charge in [-0.2, -0.15) is 0 Å². The lowest BCUT2D eigenvalue weighted by Crippen LogP contribution is -2.13. The first-order valence-electron chi connectivity index (χ1n) is 10.1. The molecule has 0 heterocycles. The number of aryl methyl sites for hydroxylation is 1. The van der Waals surface area contributed by atoms with Crippen molar-refractivity contribution in [2.45, 2.75) is 6.92 Å². The van der Waals surface area contributed by atoms with Crippen molar-refractivity contribution in [1.82, 2.24) is 0 Å². The zero-order chi connectivity index (χ0) is 20.6. The van der Waals surface area contributed by atoms with Gasteiger partial charge in [-0.25, -0.2) is 0 Å². The molecule has 0 aromatic heterocycles. The molecule has 0 spiro atoms. The zero-order valence-electron chi connectivity index (χ0n) is 17.0. The fourth-order valence-corrected chi connectivity index (χ4v) is 5.54. The van der Waals surface area contributed by atoms with E-state index < -0.39 is 7.92 Å².